The van der Waals surface area contributed by atoms with Crippen molar-refractivity contribution in [1.82, 2.24) is 9.29 Å². The minimum Gasteiger partial charge on any atom is -0.469 e. The van der Waals surface area contributed by atoms with Crippen LogP contribution in [0.25, 0.3) is 0 Å². The lowest BCUT2D eigenvalue weighted by atomic mass is 10.0. The summed E-state index contributed by atoms with van der Waals surface area (Å²) in [7, 11) is -2.63. The number of carbonyl (C=O) groups excluding carboxylic acids is 1. The molecule has 0 aliphatic rings. The van der Waals surface area contributed by atoms with Crippen molar-refractivity contribution in [3.05, 3.63) is 66.0 Å². The summed E-state index contributed by atoms with van der Waals surface area (Å²) in [6.45, 7) is 0.0611. The first-order valence-corrected chi connectivity index (χ1v) is 9.96. The third-order valence-electron chi connectivity index (χ3n) is 4.00. The Morgan fingerprint density at radius 1 is 1.22 bits per heavy atom. The monoisotopic (exact) mass is 387 g/mol. The Morgan fingerprint density at radius 3 is 2.52 bits per heavy atom. The van der Waals surface area contributed by atoms with Gasteiger partial charge in [-0.2, -0.15) is 9.57 Å². The molecule has 1 atom stereocenters. The van der Waals surface area contributed by atoms with Crippen LogP contribution >= 0.6 is 0 Å². The number of aromatic nitrogens is 1. The molecule has 2 rings (SSSR count). The lowest BCUT2D eigenvalue weighted by Crippen LogP contribution is -2.37. The standard InChI is InChI=1S/C19H21N3O4S/c1-26-19(23)18(16-8-3-2-4-9-16)15-27(24,25)22(13-7-11-20)14-17-10-5-6-12-21-17/h2-6,8-10,12,18H,7,13-15H2,1H3/t18-/m1/s1. The van der Waals surface area contributed by atoms with Gasteiger partial charge in [0.1, 0.15) is 0 Å². The second-order valence-electron chi connectivity index (χ2n) is 5.83. The summed E-state index contributed by atoms with van der Waals surface area (Å²) in [5.74, 6) is -2.01. The highest BCUT2D eigenvalue weighted by molar-refractivity contribution is 7.89. The van der Waals surface area contributed by atoms with Crippen LogP contribution in [0.3, 0.4) is 0 Å². The number of esters is 1. The number of hydrogen-bond donors (Lipinski definition) is 0. The van der Waals surface area contributed by atoms with Crippen LogP contribution in [-0.4, -0.2) is 43.1 Å². The van der Waals surface area contributed by atoms with Gasteiger partial charge in [-0.3, -0.25) is 9.78 Å². The van der Waals surface area contributed by atoms with E-state index in [-0.39, 0.29) is 19.5 Å². The van der Waals surface area contributed by atoms with Gasteiger partial charge in [0.05, 0.1) is 37.1 Å². The summed E-state index contributed by atoms with van der Waals surface area (Å²) in [6, 6.07) is 15.8. The van der Waals surface area contributed by atoms with Crippen molar-refractivity contribution in [2.24, 2.45) is 0 Å². The van der Waals surface area contributed by atoms with Crippen molar-refractivity contribution < 1.29 is 17.9 Å². The molecule has 0 aliphatic heterocycles. The normalized spacial score (nSPS) is 12.3. The van der Waals surface area contributed by atoms with Gasteiger partial charge in [-0.25, -0.2) is 8.42 Å². The summed E-state index contributed by atoms with van der Waals surface area (Å²) in [6.07, 6.45) is 1.62. The predicted octanol–water partition coefficient (Wildman–Crippen LogP) is 2.08. The van der Waals surface area contributed by atoms with Gasteiger partial charge in [0, 0.05) is 19.2 Å². The molecule has 27 heavy (non-hydrogen) atoms. The first-order chi connectivity index (χ1) is 13.0. The van der Waals surface area contributed by atoms with Crippen LogP contribution in [0.2, 0.25) is 0 Å². The molecule has 1 heterocycles. The maximum absolute atomic E-state index is 13.0. The molecule has 7 nitrogen and oxygen atoms in total. The Morgan fingerprint density at radius 2 is 1.93 bits per heavy atom. The molecule has 0 N–H and O–H groups in total. The summed E-state index contributed by atoms with van der Waals surface area (Å²) in [5, 5.41) is 8.87. The smallest absolute Gasteiger partial charge is 0.314 e. The first-order valence-electron chi connectivity index (χ1n) is 8.35. The number of hydrogen-bond acceptors (Lipinski definition) is 6. The fourth-order valence-electron chi connectivity index (χ4n) is 2.61. The molecule has 0 amide bonds. The number of nitrogens with zero attached hydrogens (tertiary/aromatic N) is 3. The summed E-state index contributed by atoms with van der Waals surface area (Å²) >= 11 is 0. The van der Waals surface area contributed by atoms with E-state index in [1.54, 1.807) is 54.7 Å². The van der Waals surface area contributed by atoms with Crippen LogP contribution in [0.15, 0.2) is 54.7 Å². The molecule has 0 unspecified atom stereocenters. The summed E-state index contributed by atoms with van der Waals surface area (Å²) < 4.78 is 32.0. The summed E-state index contributed by atoms with van der Waals surface area (Å²) in [4.78, 5) is 16.4. The number of rotatable bonds is 9. The molecule has 0 aliphatic carbocycles. The average Bonchev–Trinajstić information content (AvgIpc) is 2.70. The van der Waals surface area contributed by atoms with E-state index in [2.05, 4.69) is 4.98 Å². The molecule has 0 bridgehead atoms. The van der Waals surface area contributed by atoms with Crippen LogP contribution in [0, 0.1) is 11.3 Å². The lowest BCUT2D eigenvalue weighted by molar-refractivity contribution is -0.141. The van der Waals surface area contributed by atoms with Gasteiger partial charge in [-0.15, -0.1) is 0 Å². The van der Waals surface area contributed by atoms with Crippen LogP contribution < -0.4 is 0 Å². The second-order valence-corrected chi connectivity index (χ2v) is 7.84. The Labute approximate surface area is 159 Å². The number of benzene rings is 1. The van der Waals surface area contributed by atoms with E-state index >= 15 is 0 Å². The SMILES string of the molecule is COC(=O)[C@H](CS(=O)(=O)N(CCC#N)Cc1ccccn1)c1ccccc1. The van der Waals surface area contributed by atoms with Crippen LogP contribution in [0.5, 0.6) is 0 Å². The highest BCUT2D eigenvalue weighted by Gasteiger charge is 2.32. The number of sulfonamides is 1. The number of pyridine rings is 1. The van der Waals surface area contributed by atoms with Crippen LogP contribution in [-0.2, 0) is 26.1 Å². The first kappa shape index (κ1) is 20.6. The number of ether oxygens (including phenoxy) is 1. The number of nitriles is 1. The van der Waals surface area contributed by atoms with Gasteiger partial charge in [0.2, 0.25) is 10.0 Å². The number of carbonyl (C=O) groups is 1. The predicted molar refractivity (Wildman–Crippen MR) is 99.9 cm³/mol. The molecule has 1 aromatic heterocycles. The molecule has 0 spiro atoms. The third-order valence-corrected chi connectivity index (χ3v) is 5.85. The fourth-order valence-corrected chi connectivity index (χ4v) is 4.27. The van der Waals surface area contributed by atoms with E-state index in [1.807, 2.05) is 6.07 Å². The van der Waals surface area contributed by atoms with Gasteiger partial charge in [0.25, 0.3) is 0 Å². The van der Waals surface area contributed by atoms with E-state index in [9.17, 15) is 13.2 Å². The summed E-state index contributed by atoms with van der Waals surface area (Å²) in [5.41, 5.74) is 1.12. The van der Waals surface area contributed by atoms with Crippen LogP contribution in [0.1, 0.15) is 23.6 Å². The van der Waals surface area contributed by atoms with Crippen molar-refractivity contribution in [2.45, 2.75) is 18.9 Å². The highest BCUT2D eigenvalue weighted by Crippen LogP contribution is 2.22. The Hall–Kier alpha value is -2.76. The van der Waals surface area contributed by atoms with E-state index in [0.717, 1.165) is 0 Å². The van der Waals surface area contributed by atoms with Crippen molar-refractivity contribution in [1.29, 1.82) is 5.26 Å². The van der Waals surface area contributed by atoms with Gasteiger partial charge >= 0.3 is 5.97 Å². The molecular formula is C19H21N3O4S. The van der Waals surface area contributed by atoms with E-state index in [1.165, 1.54) is 11.4 Å². The van der Waals surface area contributed by atoms with Gasteiger partial charge in [0.15, 0.2) is 0 Å². The zero-order valence-corrected chi connectivity index (χ0v) is 15.8. The fraction of sp³-hybridized carbons (Fsp3) is 0.316. The van der Waals surface area contributed by atoms with E-state index < -0.39 is 27.7 Å². The molecular weight excluding hydrogens is 366 g/mol. The van der Waals surface area contributed by atoms with Gasteiger partial charge < -0.3 is 4.74 Å². The van der Waals surface area contributed by atoms with Crippen molar-refractivity contribution in [2.75, 3.05) is 19.4 Å². The lowest BCUT2D eigenvalue weighted by Gasteiger charge is -2.23. The maximum Gasteiger partial charge on any atom is 0.314 e. The average molecular weight is 387 g/mol. The molecule has 0 saturated heterocycles. The zero-order valence-electron chi connectivity index (χ0n) is 15.0. The molecule has 0 fully saturated rings. The maximum atomic E-state index is 13.0. The molecule has 2 aromatic rings. The molecule has 8 heteroatoms. The van der Waals surface area contributed by atoms with E-state index in [0.29, 0.717) is 11.3 Å². The van der Waals surface area contributed by atoms with Crippen molar-refractivity contribution in [3.8, 4) is 6.07 Å². The van der Waals surface area contributed by atoms with Crippen molar-refractivity contribution >= 4 is 16.0 Å². The minimum atomic E-state index is -3.85. The molecule has 0 radical (unpaired) electrons. The minimum absolute atomic E-state index is 0.0259. The second kappa shape index (κ2) is 9.80. The Bertz CT molecular complexity index is 880. The quantitative estimate of drug-likeness (QED) is 0.611. The van der Waals surface area contributed by atoms with Crippen molar-refractivity contribution in [3.63, 3.8) is 0 Å². The van der Waals surface area contributed by atoms with Crippen LogP contribution in [0.4, 0.5) is 0 Å². The molecule has 1 aromatic carbocycles. The Kier molecular flexibility index (Phi) is 7.46. The Balaban J connectivity index is 2.29. The highest BCUT2D eigenvalue weighted by atomic mass is 32.2. The number of methoxy groups -OCH3 is 1. The third kappa shape index (κ3) is 5.88. The topological polar surface area (TPSA) is 100 Å². The van der Waals surface area contributed by atoms with Gasteiger partial charge in [-0.05, 0) is 17.7 Å². The van der Waals surface area contributed by atoms with E-state index in [4.69, 9.17) is 10.00 Å². The largest absolute Gasteiger partial charge is 0.469 e. The van der Waals surface area contributed by atoms with Gasteiger partial charge in [-0.1, -0.05) is 36.4 Å². The zero-order chi connectivity index (χ0) is 19.7. The molecule has 0 saturated carbocycles. The molecule has 142 valence electrons.